The molecule has 0 bridgehead atoms. The van der Waals surface area contributed by atoms with Gasteiger partial charge in [-0.1, -0.05) is 30.7 Å². The van der Waals surface area contributed by atoms with Gasteiger partial charge in [-0.05, 0) is 61.7 Å². The van der Waals surface area contributed by atoms with Crippen molar-refractivity contribution in [1.82, 2.24) is 4.57 Å². The highest BCUT2D eigenvalue weighted by atomic mass is 32.1. The smallest absolute Gasteiger partial charge is 0.279 e. The highest BCUT2D eigenvalue weighted by Gasteiger charge is 2.11. The molecule has 0 aliphatic carbocycles. The van der Waals surface area contributed by atoms with Crippen LogP contribution >= 0.6 is 11.3 Å². The van der Waals surface area contributed by atoms with Crippen molar-refractivity contribution in [2.75, 3.05) is 20.3 Å². The predicted molar refractivity (Wildman–Crippen MR) is 118 cm³/mol. The molecule has 1 aromatic heterocycles. The lowest BCUT2D eigenvalue weighted by atomic mass is 10.1. The third-order valence-electron chi connectivity index (χ3n) is 4.86. The Kier molecular flexibility index (Phi) is 7.23. The average Bonchev–Trinajstić information content (AvgIpc) is 3.03. The quantitative estimate of drug-likeness (QED) is 0.495. The summed E-state index contributed by atoms with van der Waals surface area (Å²) in [6, 6.07) is 11.6. The summed E-state index contributed by atoms with van der Waals surface area (Å²) < 4.78 is 14.2. The molecule has 0 unspecified atom stereocenters. The summed E-state index contributed by atoms with van der Waals surface area (Å²) in [5.41, 5.74) is 4.06. The van der Waals surface area contributed by atoms with Crippen molar-refractivity contribution in [2.45, 2.75) is 40.2 Å². The van der Waals surface area contributed by atoms with Crippen molar-refractivity contribution in [1.29, 1.82) is 0 Å². The molecule has 0 aliphatic heterocycles. The first-order valence-corrected chi connectivity index (χ1v) is 10.8. The molecule has 3 rings (SSSR count). The first-order chi connectivity index (χ1) is 14.0. The van der Waals surface area contributed by atoms with Crippen LogP contribution in [0.25, 0.3) is 10.2 Å². The van der Waals surface area contributed by atoms with Crippen molar-refractivity contribution in [3.63, 3.8) is 0 Å². The molecule has 29 heavy (non-hydrogen) atoms. The minimum Gasteiger partial charge on any atom is -0.494 e. The molecule has 1 amide bonds. The van der Waals surface area contributed by atoms with Crippen LogP contribution in [0.4, 0.5) is 0 Å². The van der Waals surface area contributed by atoms with Crippen LogP contribution in [0.1, 0.15) is 41.3 Å². The van der Waals surface area contributed by atoms with Gasteiger partial charge in [0.2, 0.25) is 0 Å². The molecule has 6 heteroatoms. The second kappa shape index (κ2) is 9.85. The average molecular weight is 413 g/mol. The Morgan fingerprint density at radius 2 is 1.93 bits per heavy atom. The van der Waals surface area contributed by atoms with Gasteiger partial charge in [-0.15, -0.1) is 0 Å². The largest absolute Gasteiger partial charge is 0.494 e. The van der Waals surface area contributed by atoms with Gasteiger partial charge in [0.15, 0.2) is 4.80 Å². The number of amides is 1. The second-order valence-corrected chi connectivity index (χ2v) is 8.09. The third-order valence-corrected chi connectivity index (χ3v) is 5.90. The molecule has 0 radical (unpaired) electrons. The number of rotatable bonds is 8. The zero-order valence-corrected chi connectivity index (χ0v) is 18.3. The van der Waals surface area contributed by atoms with E-state index in [9.17, 15) is 4.79 Å². The summed E-state index contributed by atoms with van der Waals surface area (Å²) in [5, 5.41) is 0. The number of carbonyl (C=O) groups is 1. The Balaban J connectivity index is 1.98. The number of aryl methyl sites for hydroxylation is 2. The lowest BCUT2D eigenvalue weighted by Crippen LogP contribution is -2.19. The highest BCUT2D eigenvalue weighted by Crippen LogP contribution is 2.22. The first-order valence-electron chi connectivity index (χ1n) is 9.95. The van der Waals surface area contributed by atoms with E-state index in [-0.39, 0.29) is 5.91 Å². The molecule has 0 aliphatic rings. The molecular weight excluding hydrogens is 384 g/mol. The summed E-state index contributed by atoms with van der Waals surface area (Å²) in [7, 11) is 1.68. The monoisotopic (exact) mass is 412 g/mol. The summed E-state index contributed by atoms with van der Waals surface area (Å²) in [6.45, 7) is 8.16. The van der Waals surface area contributed by atoms with Crippen LogP contribution in [0.15, 0.2) is 41.4 Å². The maximum Gasteiger partial charge on any atom is 0.279 e. The number of carbonyl (C=O) groups excluding carboxylic acids is 1. The van der Waals surface area contributed by atoms with Gasteiger partial charge in [0.05, 0.1) is 23.4 Å². The number of hydrogen-bond donors (Lipinski definition) is 0. The van der Waals surface area contributed by atoms with Gasteiger partial charge in [0.25, 0.3) is 5.91 Å². The molecule has 154 valence electrons. The van der Waals surface area contributed by atoms with Gasteiger partial charge in [-0.3, -0.25) is 4.79 Å². The summed E-state index contributed by atoms with van der Waals surface area (Å²) in [5.74, 6) is 0.437. The Morgan fingerprint density at radius 1 is 1.14 bits per heavy atom. The Bertz CT molecular complexity index is 1070. The first kappa shape index (κ1) is 21.3. The van der Waals surface area contributed by atoms with Gasteiger partial charge < -0.3 is 14.0 Å². The van der Waals surface area contributed by atoms with E-state index in [1.165, 1.54) is 22.5 Å². The van der Waals surface area contributed by atoms with Crippen LogP contribution in [-0.4, -0.2) is 30.8 Å². The van der Waals surface area contributed by atoms with Crippen LogP contribution in [0.2, 0.25) is 0 Å². The highest BCUT2D eigenvalue weighted by molar-refractivity contribution is 7.16. The fourth-order valence-corrected chi connectivity index (χ4v) is 4.14. The molecule has 2 aromatic carbocycles. The molecule has 0 saturated carbocycles. The van der Waals surface area contributed by atoms with Crippen LogP contribution in [0.3, 0.4) is 0 Å². The number of aromatic nitrogens is 1. The molecule has 0 spiro atoms. The normalized spacial score (nSPS) is 11.9. The molecule has 0 N–H and O–H groups in total. The minimum absolute atomic E-state index is 0.267. The fraction of sp³-hybridized carbons (Fsp3) is 0.391. The maximum atomic E-state index is 12.9. The summed E-state index contributed by atoms with van der Waals surface area (Å²) in [6.07, 6.45) is 2.06. The van der Waals surface area contributed by atoms with E-state index in [0.717, 1.165) is 23.1 Å². The van der Waals surface area contributed by atoms with Crippen molar-refractivity contribution in [2.24, 2.45) is 4.99 Å². The van der Waals surface area contributed by atoms with Crippen molar-refractivity contribution < 1.29 is 14.3 Å². The van der Waals surface area contributed by atoms with Crippen molar-refractivity contribution >= 4 is 27.5 Å². The van der Waals surface area contributed by atoms with Gasteiger partial charge in [-0.2, -0.15) is 4.99 Å². The third kappa shape index (κ3) is 5.14. The molecule has 1 heterocycles. The Morgan fingerprint density at radius 3 is 2.69 bits per heavy atom. The number of hydrogen-bond acceptors (Lipinski definition) is 4. The number of unbranched alkanes of at least 4 members (excludes halogenated alkanes) is 1. The van der Waals surface area contributed by atoms with Crippen LogP contribution < -0.4 is 9.54 Å². The molecule has 0 saturated heterocycles. The van der Waals surface area contributed by atoms with E-state index in [0.29, 0.717) is 35.9 Å². The lowest BCUT2D eigenvalue weighted by Gasteiger charge is -2.07. The number of benzene rings is 2. The summed E-state index contributed by atoms with van der Waals surface area (Å²) >= 11 is 1.53. The van der Waals surface area contributed by atoms with E-state index in [2.05, 4.69) is 42.5 Å². The second-order valence-electron chi connectivity index (χ2n) is 7.08. The van der Waals surface area contributed by atoms with E-state index in [1.807, 2.05) is 12.1 Å². The minimum atomic E-state index is -0.267. The topological polar surface area (TPSA) is 52.8 Å². The van der Waals surface area contributed by atoms with Gasteiger partial charge in [0, 0.05) is 19.2 Å². The maximum absolute atomic E-state index is 12.9. The van der Waals surface area contributed by atoms with Crippen LogP contribution in [0, 0.1) is 13.8 Å². The van der Waals surface area contributed by atoms with Gasteiger partial charge in [-0.25, -0.2) is 0 Å². The fourth-order valence-electron chi connectivity index (χ4n) is 3.01. The molecular formula is C23H28N2O3S. The lowest BCUT2D eigenvalue weighted by molar-refractivity contribution is 0.0997. The van der Waals surface area contributed by atoms with E-state index in [1.54, 1.807) is 19.2 Å². The number of nitrogens with zero attached hydrogens (tertiary/aromatic N) is 2. The zero-order chi connectivity index (χ0) is 20.8. The van der Waals surface area contributed by atoms with E-state index < -0.39 is 0 Å². The molecule has 5 nitrogen and oxygen atoms in total. The number of thiazole rings is 1. The van der Waals surface area contributed by atoms with Gasteiger partial charge in [0.1, 0.15) is 5.75 Å². The zero-order valence-electron chi connectivity index (χ0n) is 17.5. The van der Waals surface area contributed by atoms with Crippen LogP contribution in [-0.2, 0) is 11.3 Å². The molecule has 3 aromatic rings. The number of fused-ring (bicyclic) bond motifs is 1. The predicted octanol–water partition coefficient (Wildman–Crippen LogP) is 4.89. The van der Waals surface area contributed by atoms with Gasteiger partial charge >= 0.3 is 0 Å². The van der Waals surface area contributed by atoms with Crippen molar-refractivity contribution in [3.8, 4) is 5.75 Å². The van der Waals surface area contributed by atoms with E-state index >= 15 is 0 Å². The Hall–Kier alpha value is -2.44. The summed E-state index contributed by atoms with van der Waals surface area (Å²) in [4.78, 5) is 18.0. The van der Waals surface area contributed by atoms with Crippen molar-refractivity contribution in [3.05, 3.63) is 57.9 Å². The molecule has 0 fully saturated rings. The molecule has 0 atom stereocenters. The van der Waals surface area contributed by atoms with E-state index in [4.69, 9.17) is 9.47 Å². The van der Waals surface area contributed by atoms with Crippen LogP contribution in [0.5, 0.6) is 5.75 Å². The SMILES string of the molecule is CCCCOc1cccc(C(=O)N=c2sc3cc(C)c(C)cc3n2CCOC)c1. The Labute approximate surface area is 175 Å². The number of ether oxygens (including phenoxy) is 2. The number of methoxy groups -OCH3 is 1. The standard InChI is InChI=1S/C23H28N2O3S/c1-5-6-11-28-19-9-7-8-18(15-19)22(26)24-23-25(10-12-27-4)20-13-16(2)17(3)14-21(20)29-23/h7-9,13-15H,5-6,10-12H2,1-4H3.